The molecule has 5 heterocycles. The molecule has 0 aliphatic carbocycles. The van der Waals surface area contributed by atoms with E-state index in [1.54, 1.807) is 30.3 Å². The van der Waals surface area contributed by atoms with Crippen LogP contribution in [0, 0.1) is 0 Å². The molecular weight excluding hydrogens is 508 g/mol. The second-order valence-corrected chi connectivity index (χ2v) is 10.7. The van der Waals surface area contributed by atoms with Gasteiger partial charge in [-0.25, -0.2) is 9.78 Å². The van der Waals surface area contributed by atoms with Gasteiger partial charge in [0, 0.05) is 49.0 Å². The van der Waals surface area contributed by atoms with Crippen LogP contribution in [0.3, 0.4) is 0 Å². The number of anilines is 3. The highest BCUT2D eigenvalue weighted by Gasteiger charge is 2.38. The van der Waals surface area contributed by atoms with Gasteiger partial charge in [-0.05, 0) is 36.8 Å². The van der Waals surface area contributed by atoms with Crippen LogP contribution >= 0.6 is 11.8 Å². The lowest BCUT2D eigenvalue weighted by Gasteiger charge is -2.25. The summed E-state index contributed by atoms with van der Waals surface area (Å²) in [7, 11) is 1.58. The first-order valence-corrected chi connectivity index (χ1v) is 13.4. The molecule has 1 aromatic carbocycles. The predicted molar refractivity (Wildman–Crippen MR) is 144 cm³/mol. The van der Waals surface area contributed by atoms with E-state index in [-0.39, 0.29) is 12.0 Å². The van der Waals surface area contributed by atoms with E-state index in [1.165, 1.54) is 11.8 Å². The zero-order valence-electron chi connectivity index (χ0n) is 20.8. The molecule has 3 aliphatic rings. The Morgan fingerprint density at radius 3 is 3.05 bits per heavy atom. The Balaban J connectivity index is 1.06. The number of ether oxygens (including phenoxy) is 2. The minimum atomic E-state index is -0.939. The highest BCUT2D eigenvalue weighted by Crippen LogP contribution is 2.36. The van der Waals surface area contributed by atoms with Gasteiger partial charge in [-0.15, -0.1) is 11.8 Å². The fourth-order valence-corrected chi connectivity index (χ4v) is 5.90. The zero-order chi connectivity index (χ0) is 26.3. The Labute approximate surface area is 223 Å². The molecule has 38 heavy (non-hydrogen) atoms. The minimum Gasteiger partial charge on any atom is -0.481 e. The van der Waals surface area contributed by atoms with Crippen molar-refractivity contribution in [3.8, 4) is 5.88 Å². The molecule has 198 valence electrons. The Kier molecular flexibility index (Phi) is 6.46. The Bertz CT molecular complexity index is 1410. The molecule has 12 heteroatoms. The lowest BCUT2D eigenvalue weighted by molar-refractivity contribution is -0.113. The maximum atomic E-state index is 12.6. The van der Waals surface area contributed by atoms with Crippen molar-refractivity contribution in [2.75, 3.05) is 60.7 Å². The summed E-state index contributed by atoms with van der Waals surface area (Å²) < 4.78 is 10.8. The third-order valence-corrected chi connectivity index (χ3v) is 8.10. The molecule has 0 bridgehead atoms. The van der Waals surface area contributed by atoms with E-state index >= 15 is 0 Å². The van der Waals surface area contributed by atoms with Crippen molar-refractivity contribution >= 4 is 51.9 Å². The molecular formula is C26H28N6O5S. The van der Waals surface area contributed by atoms with Gasteiger partial charge in [-0.2, -0.15) is 0 Å². The van der Waals surface area contributed by atoms with Gasteiger partial charge < -0.3 is 30.1 Å². The second-order valence-electron chi connectivity index (χ2n) is 9.71. The van der Waals surface area contributed by atoms with Crippen LogP contribution in [0.2, 0.25) is 0 Å². The van der Waals surface area contributed by atoms with Gasteiger partial charge in [0.2, 0.25) is 11.8 Å². The number of carbonyl (C=O) groups is 2. The van der Waals surface area contributed by atoms with Gasteiger partial charge >= 0.3 is 6.09 Å². The quantitative estimate of drug-likeness (QED) is 0.413. The number of β-amino-alcohol motifs (C(OH)–C–C–N with tert-alkyl or cyclic N) is 1. The number of pyridine rings is 2. The van der Waals surface area contributed by atoms with E-state index < -0.39 is 11.7 Å². The second kappa shape index (κ2) is 9.93. The summed E-state index contributed by atoms with van der Waals surface area (Å²) in [6.45, 7) is 2.27. The molecule has 0 spiro atoms. The number of hydrogen-bond acceptors (Lipinski definition) is 10. The van der Waals surface area contributed by atoms with Crippen LogP contribution in [-0.2, 0) is 9.53 Å². The molecule has 0 saturated carbocycles. The predicted octanol–water partition coefficient (Wildman–Crippen LogP) is 2.24. The lowest BCUT2D eigenvalue weighted by Crippen LogP contribution is -2.45. The topological polar surface area (TPSA) is 129 Å². The van der Waals surface area contributed by atoms with Gasteiger partial charge in [0.25, 0.3) is 0 Å². The van der Waals surface area contributed by atoms with Crippen LogP contribution in [-0.4, -0.2) is 84.4 Å². The number of benzene rings is 1. The number of nitrogens with one attached hydrogen (secondary N) is 2. The van der Waals surface area contributed by atoms with Gasteiger partial charge in [-0.1, -0.05) is 0 Å². The fraction of sp³-hybridized carbons (Fsp3) is 0.385. The van der Waals surface area contributed by atoms with Crippen molar-refractivity contribution in [2.24, 2.45) is 0 Å². The first-order valence-electron chi connectivity index (χ1n) is 12.4. The molecule has 0 unspecified atom stereocenters. The number of thioether (sulfide) groups is 1. The number of rotatable bonds is 7. The van der Waals surface area contributed by atoms with Gasteiger partial charge in [0.15, 0.2) is 0 Å². The molecule has 2 amide bonds. The molecule has 6 rings (SSSR count). The molecule has 3 aromatic rings. The van der Waals surface area contributed by atoms with Crippen LogP contribution in [0.1, 0.15) is 6.42 Å². The van der Waals surface area contributed by atoms with Crippen molar-refractivity contribution in [1.29, 1.82) is 0 Å². The molecule has 11 nitrogen and oxygen atoms in total. The number of hydrogen-bond donors (Lipinski definition) is 3. The highest BCUT2D eigenvalue weighted by molar-refractivity contribution is 8.00. The summed E-state index contributed by atoms with van der Waals surface area (Å²) >= 11 is 1.48. The normalized spacial score (nSPS) is 22.9. The molecule has 2 fully saturated rings. The SMILES string of the molecule is COc1ccc2nccc(N3CC[C@@](O)(CNC[C@@H]4CN(c5ccc6c(c5)NC(=O)CS6)C(=O)O4)C3)c2n1. The highest BCUT2D eigenvalue weighted by atomic mass is 32.2. The number of nitrogens with zero attached hydrogens (tertiary/aromatic N) is 4. The zero-order valence-corrected chi connectivity index (χ0v) is 21.7. The average molecular weight is 537 g/mol. The van der Waals surface area contributed by atoms with Crippen molar-refractivity contribution in [1.82, 2.24) is 15.3 Å². The average Bonchev–Trinajstić information content (AvgIpc) is 3.49. The number of cyclic esters (lactones) is 1. The van der Waals surface area contributed by atoms with Crippen LogP contribution in [0.4, 0.5) is 21.9 Å². The van der Waals surface area contributed by atoms with E-state index in [0.29, 0.717) is 62.2 Å². The van der Waals surface area contributed by atoms with Gasteiger partial charge in [0.05, 0.1) is 41.9 Å². The van der Waals surface area contributed by atoms with E-state index in [1.807, 2.05) is 24.3 Å². The van der Waals surface area contributed by atoms with Crippen LogP contribution in [0.25, 0.3) is 11.0 Å². The lowest BCUT2D eigenvalue weighted by atomic mass is 10.0. The maximum absolute atomic E-state index is 12.6. The summed E-state index contributed by atoms with van der Waals surface area (Å²) in [6.07, 6.45) is 1.55. The molecule has 2 saturated heterocycles. The first-order chi connectivity index (χ1) is 18.4. The molecule has 2 atom stereocenters. The first kappa shape index (κ1) is 24.7. The summed E-state index contributed by atoms with van der Waals surface area (Å²) in [5, 5.41) is 17.4. The molecule has 2 aromatic heterocycles. The number of fused-ring (bicyclic) bond motifs is 2. The van der Waals surface area contributed by atoms with Crippen molar-refractivity contribution < 1.29 is 24.2 Å². The minimum absolute atomic E-state index is 0.0535. The number of methoxy groups -OCH3 is 1. The number of aliphatic hydroxyl groups is 1. The monoisotopic (exact) mass is 536 g/mol. The Morgan fingerprint density at radius 1 is 1.29 bits per heavy atom. The number of amides is 2. The molecule has 0 radical (unpaired) electrons. The molecule has 3 N–H and O–H groups in total. The Hall–Kier alpha value is -3.61. The van der Waals surface area contributed by atoms with E-state index in [4.69, 9.17) is 9.47 Å². The maximum Gasteiger partial charge on any atom is 0.414 e. The van der Waals surface area contributed by atoms with Gasteiger partial charge in [-0.3, -0.25) is 14.7 Å². The number of aromatic nitrogens is 2. The van der Waals surface area contributed by atoms with Crippen LogP contribution in [0.15, 0.2) is 47.5 Å². The smallest absolute Gasteiger partial charge is 0.414 e. The molecule has 3 aliphatic heterocycles. The summed E-state index contributed by atoms with van der Waals surface area (Å²) in [5.41, 5.74) is 2.86. The summed E-state index contributed by atoms with van der Waals surface area (Å²) in [4.78, 5) is 37.9. The van der Waals surface area contributed by atoms with E-state index in [2.05, 4.69) is 25.5 Å². The fourth-order valence-electron chi connectivity index (χ4n) is 5.11. The largest absolute Gasteiger partial charge is 0.481 e. The third-order valence-electron chi connectivity index (χ3n) is 7.03. The van der Waals surface area contributed by atoms with E-state index in [9.17, 15) is 14.7 Å². The van der Waals surface area contributed by atoms with Crippen molar-refractivity contribution in [2.45, 2.75) is 23.0 Å². The summed E-state index contributed by atoms with van der Waals surface area (Å²) in [5.74, 6) is 0.852. The van der Waals surface area contributed by atoms with Gasteiger partial charge in [0.1, 0.15) is 11.6 Å². The van der Waals surface area contributed by atoms with Crippen LogP contribution in [0.5, 0.6) is 5.88 Å². The van der Waals surface area contributed by atoms with E-state index in [0.717, 1.165) is 21.6 Å². The van der Waals surface area contributed by atoms with Crippen molar-refractivity contribution in [3.63, 3.8) is 0 Å². The van der Waals surface area contributed by atoms with Crippen molar-refractivity contribution in [3.05, 3.63) is 42.6 Å². The standard InChI is InChI=1S/C26H28N6O5S/c1-36-23-5-3-18-24(30-23)20(6-8-28-18)31-9-7-26(35,15-31)14-27-11-17-12-32(25(34)37-17)16-2-4-21-19(10-16)29-22(33)13-38-21/h2-6,8,10,17,27,35H,7,9,11-15H2,1H3,(H,29,33)/t17-,26-/m1/s1. The van der Waals surface area contributed by atoms with Crippen LogP contribution < -0.4 is 25.2 Å². The Morgan fingerprint density at radius 2 is 2.18 bits per heavy atom. The summed E-state index contributed by atoms with van der Waals surface area (Å²) in [6, 6.07) is 11.1. The number of carbonyl (C=O) groups excluding carboxylic acids is 2. The third kappa shape index (κ3) is 4.82.